The number of benzene rings is 1. The molecule has 1 aromatic carbocycles. The van der Waals surface area contributed by atoms with Crippen LogP contribution in [0, 0.1) is 5.41 Å². The Labute approximate surface area is 226 Å². The normalized spacial score (nSPS) is 13.9. The zero-order chi connectivity index (χ0) is 27.3. The molecule has 0 spiro atoms. The number of rotatable bonds is 8. The predicted molar refractivity (Wildman–Crippen MR) is 148 cm³/mol. The number of methoxy groups -OCH3 is 1. The van der Waals surface area contributed by atoms with Gasteiger partial charge in [0.05, 0.1) is 24.5 Å². The van der Waals surface area contributed by atoms with Crippen LogP contribution in [-0.4, -0.2) is 47.5 Å². The molecule has 10 heteroatoms. The van der Waals surface area contributed by atoms with Gasteiger partial charge in [0.15, 0.2) is 0 Å². The first-order valence-electron chi connectivity index (χ1n) is 12.3. The molecule has 0 fully saturated rings. The summed E-state index contributed by atoms with van der Waals surface area (Å²) in [7, 11) is 1.32. The number of anilines is 2. The number of carbonyl (C=O) groups is 4. The van der Waals surface area contributed by atoms with Crippen LogP contribution in [0.3, 0.4) is 0 Å². The van der Waals surface area contributed by atoms with Crippen molar-refractivity contribution in [3.05, 3.63) is 40.3 Å². The summed E-state index contributed by atoms with van der Waals surface area (Å²) in [5.74, 6) is -0.798. The molecule has 37 heavy (non-hydrogen) atoms. The Kier molecular flexibility index (Phi) is 9.41. The van der Waals surface area contributed by atoms with Gasteiger partial charge in [-0.1, -0.05) is 33.8 Å². The van der Waals surface area contributed by atoms with Gasteiger partial charge >= 0.3 is 5.97 Å². The molecule has 0 radical (unpaired) electrons. The second kappa shape index (κ2) is 12.1. The average molecular weight is 546 g/mol. The van der Waals surface area contributed by atoms with Crippen LogP contribution < -0.4 is 10.6 Å². The zero-order valence-corrected chi connectivity index (χ0v) is 23.9. The SMILES string of the molecule is CCC(Sc1cccc(NC(=O)CC(C)(C)C)c1)C(=O)Nc1sc2c(c1C(=O)OC)CCN(C(C)=O)C2. The molecule has 3 amide bonds. The lowest BCUT2D eigenvalue weighted by atomic mass is 9.92. The number of nitrogens with zero attached hydrogens (tertiary/aromatic N) is 1. The fourth-order valence-electron chi connectivity index (χ4n) is 4.09. The number of fused-ring (bicyclic) bond motifs is 1. The Hall–Kier alpha value is -2.85. The summed E-state index contributed by atoms with van der Waals surface area (Å²) in [6.07, 6.45) is 1.50. The molecule has 1 unspecified atom stereocenters. The minimum atomic E-state index is -0.497. The van der Waals surface area contributed by atoms with E-state index in [1.807, 2.05) is 52.0 Å². The van der Waals surface area contributed by atoms with Gasteiger partial charge in [-0.25, -0.2) is 4.79 Å². The first-order chi connectivity index (χ1) is 17.4. The number of thiophene rings is 1. The Balaban J connectivity index is 1.76. The zero-order valence-electron chi connectivity index (χ0n) is 22.2. The van der Waals surface area contributed by atoms with Crippen LogP contribution in [-0.2, 0) is 32.1 Å². The Morgan fingerprint density at radius 2 is 1.92 bits per heavy atom. The van der Waals surface area contributed by atoms with Crippen molar-refractivity contribution in [2.45, 2.75) is 70.6 Å². The van der Waals surface area contributed by atoms with Crippen LogP contribution in [0.2, 0.25) is 0 Å². The lowest BCUT2D eigenvalue weighted by Crippen LogP contribution is -2.34. The van der Waals surface area contributed by atoms with Gasteiger partial charge in [0, 0.05) is 35.3 Å². The van der Waals surface area contributed by atoms with Crippen molar-refractivity contribution >= 4 is 57.5 Å². The van der Waals surface area contributed by atoms with E-state index in [0.717, 1.165) is 15.3 Å². The van der Waals surface area contributed by atoms with E-state index < -0.39 is 11.2 Å². The number of nitrogens with one attached hydrogen (secondary N) is 2. The topological polar surface area (TPSA) is 105 Å². The highest BCUT2D eigenvalue weighted by atomic mass is 32.2. The molecule has 0 saturated heterocycles. The highest BCUT2D eigenvalue weighted by molar-refractivity contribution is 8.00. The molecular weight excluding hydrogens is 510 g/mol. The number of thioether (sulfide) groups is 1. The van der Waals surface area contributed by atoms with Gasteiger partial charge in [0.25, 0.3) is 0 Å². The van der Waals surface area contributed by atoms with Crippen LogP contribution in [0.1, 0.15) is 68.3 Å². The van der Waals surface area contributed by atoms with Crippen LogP contribution in [0.5, 0.6) is 0 Å². The summed E-state index contributed by atoms with van der Waals surface area (Å²) in [6, 6.07) is 7.44. The summed E-state index contributed by atoms with van der Waals surface area (Å²) in [4.78, 5) is 53.6. The van der Waals surface area contributed by atoms with E-state index in [2.05, 4.69) is 10.6 Å². The molecule has 0 saturated carbocycles. The maximum absolute atomic E-state index is 13.3. The summed E-state index contributed by atoms with van der Waals surface area (Å²) in [6.45, 7) is 10.4. The summed E-state index contributed by atoms with van der Waals surface area (Å²) < 4.78 is 5.01. The molecule has 2 N–H and O–H groups in total. The highest BCUT2D eigenvalue weighted by Gasteiger charge is 2.31. The number of ether oxygens (including phenoxy) is 1. The molecule has 1 atom stereocenters. The smallest absolute Gasteiger partial charge is 0.341 e. The number of amides is 3. The van der Waals surface area contributed by atoms with Crippen molar-refractivity contribution in [1.29, 1.82) is 0 Å². The van der Waals surface area contributed by atoms with E-state index in [9.17, 15) is 19.2 Å². The van der Waals surface area contributed by atoms with E-state index in [-0.39, 0.29) is 23.1 Å². The Morgan fingerprint density at radius 1 is 1.19 bits per heavy atom. The minimum absolute atomic E-state index is 0.0245. The Bertz CT molecular complexity index is 1190. The van der Waals surface area contributed by atoms with E-state index in [1.54, 1.807) is 4.90 Å². The van der Waals surface area contributed by atoms with Crippen LogP contribution >= 0.6 is 23.1 Å². The lowest BCUT2D eigenvalue weighted by Gasteiger charge is -2.25. The molecule has 0 aliphatic carbocycles. The van der Waals surface area contributed by atoms with Crippen LogP contribution in [0.4, 0.5) is 10.7 Å². The van der Waals surface area contributed by atoms with Gasteiger partial charge in [-0.2, -0.15) is 0 Å². The van der Waals surface area contributed by atoms with Crippen molar-refractivity contribution in [3.63, 3.8) is 0 Å². The Morgan fingerprint density at radius 3 is 2.54 bits per heavy atom. The third-order valence-electron chi connectivity index (χ3n) is 5.88. The van der Waals surface area contributed by atoms with E-state index >= 15 is 0 Å². The van der Waals surface area contributed by atoms with Crippen molar-refractivity contribution in [1.82, 2.24) is 4.90 Å². The van der Waals surface area contributed by atoms with Gasteiger partial charge in [0.2, 0.25) is 17.7 Å². The fraction of sp³-hybridized carbons (Fsp3) is 0.481. The van der Waals surface area contributed by atoms with Crippen molar-refractivity contribution < 1.29 is 23.9 Å². The minimum Gasteiger partial charge on any atom is -0.465 e. The molecule has 1 aliphatic rings. The standard InChI is InChI=1S/C27H35N3O5S2/c1-7-20(36-18-10-8-9-17(13-18)28-22(32)14-27(3,4)5)24(33)29-25-23(26(34)35-6)19-11-12-30(16(2)31)15-21(19)37-25/h8-10,13,20H,7,11-12,14-15H2,1-6H3,(H,28,32)(H,29,33). The maximum Gasteiger partial charge on any atom is 0.341 e. The predicted octanol–water partition coefficient (Wildman–Crippen LogP) is 5.32. The maximum atomic E-state index is 13.3. The van der Waals surface area contributed by atoms with E-state index in [0.29, 0.717) is 48.6 Å². The van der Waals surface area contributed by atoms with Crippen molar-refractivity contribution in [3.8, 4) is 0 Å². The molecule has 1 aliphatic heterocycles. The molecule has 2 heterocycles. The van der Waals surface area contributed by atoms with Crippen LogP contribution in [0.15, 0.2) is 29.2 Å². The van der Waals surface area contributed by atoms with Crippen LogP contribution in [0.25, 0.3) is 0 Å². The average Bonchev–Trinajstić information content (AvgIpc) is 3.17. The number of hydrogen-bond acceptors (Lipinski definition) is 7. The van der Waals surface area contributed by atoms with E-state index in [1.165, 1.54) is 37.1 Å². The van der Waals surface area contributed by atoms with Gasteiger partial charge in [-0.3, -0.25) is 14.4 Å². The first-order valence-corrected chi connectivity index (χ1v) is 14.0. The van der Waals surface area contributed by atoms with Gasteiger partial charge in [-0.05, 0) is 42.0 Å². The molecule has 8 nitrogen and oxygen atoms in total. The first kappa shape index (κ1) is 28.7. The quantitative estimate of drug-likeness (QED) is 0.344. The number of carbonyl (C=O) groups excluding carboxylic acids is 4. The lowest BCUT2D eigenvalue weighted by molar-refractivity contribution is -0.129. The third kappa shape index (κ3) is 7.58. The van der Waals surface area contributed by atoms with Crippen molar-refractivity contribution in [2.75, 3.05) is 24.3 Å². The third-order valence-corrected chi connectivity index (χ3v) is 8.37. The van der Waals surface area contributed by atoms with E-state index in [4.69, 9.17) is 4.74 Å². The monoisotopic (exact) mass is 545 g/mol. The number of esters is 1. The molecular formula is C27H35N3O5S2. The largest absolute Gasteiger partial charge is 0.465 e. The summed E-state index contributed by atoms with van der Waals surface area (Å²) in [5, 5.41) is 5.93. The molecule has 200 valence electrons. The fourth-order valence-corrected chi connectivity index (χ4v) is 6.36. The second-order valence-corrected chi connectivity index (χ2v) is 12.6. The summed E-state index contributed by atoms with van der Waals surface area (Å²) in [5.41, 5.74) is 1.78. The second-order valence-electron chi connectivity index (χ2n) is 10.2. The van der Waals surface area contributed by atoms with Crippen molar-refractivity contribution in [2.24, 2.45) is 5.41 Å². The highest BCUT2D eigenvalue weighted by Crippen LogP contribution is 2.38. The summed E-state index contributed by atoms with van der Waals surface area (Å²) >= 11 is 2.72. The van der Waals surface area contributed by atoms with Gasteiger partial charge < -0.3 is 20.3 Å². The molecule has 2 aromatic rings. The number of hydrogen-bond donors (Lipinski definition) is 2. The molecule has 0 bridgehead atoms. The molecule has 3 rings (SSSR count). The van der Waals surface area contributed by atoms with Gasteiger partial charge in [0.1, 0.15) is 5.00 Å². The molecule has 1 aromatic heterocycles. The van der Waals surface area contributed by atoms with Gasteiger partial charge in [-0.15, -0.1) is 23.1 Å².